The lowest BCUT2D eigenvalue weighted by molar-refractivity contribution is -0.140. The normalized spacial score (nSPS) is 15.0. The largest absolute Gasteiger partial charge is 0.480 e. The minimum Gasteiger partial charge on any atom is -0.480 e. The second-order valence-electron chi connectivity index (χ2n) is 9.23. The summed E-state index contributed by atoms with van der Waals surface area (Å²) in [4.78, 5) is 21.9. The zero-order valence-corrected chi connectivity index (χ0v) is 20.6. The molecule has 4 aromatic rings. The molecule has 0 saturated heterocycles. The molecule has 12 heteroatoms. The predicted octanol–water partition coefficient (Wildman–Crippen LogP) is 4.85. The van der Waals surface area contributed by atoms with E-state index in [0.717, 1.165) is 41.6 Å². The number of aryl methyl sites for hydroxylation is 1. The summed E-state index contributed by atoms with van der Waals surface area (Å²) in [6.07, 6.45) is 0.0394. The van der Waals surface area contributed by atoms with Crippen molar-refractivity contribution in [2.75, 3.05) is 7.11 Å². The standard InChI is InChI=1S/C26H23F3N6O3/c1-35-9-19(26(27,28)29)33-23(35)16-5-3-14(4-6-16)10-38-24-17-11-37-12-18(17)32-22(34-24)20-21(15-7-8-15)30-13-31-25(20)36-2/h3-6,9,13,15H,7-8,10-12H2,1-2H3. The van der Waals surface area contributed by atoms with Gasteiger partial charge in [0.15, 0.2) is 11.5 Å². The molecular formula is C26H23F3N6O3. The SMILES string of the molecule is COc1ncnc(C2CC2)c1-c1nc2c(c(OCc3ccc(-c4nc(C(F)(F)F)cn4C)cc3)n1)COC2. The Morgan fingerprint density at radius 2 is 1.82 bits per heavy atom. The second-order valence-corrected chi connectivity index (χ2v) is 9.23. The molecule has 196 valence electrons. The number of ether oxygens (including phenoxy) is 3. The van der Waals surface area contributed by atoms with Crippen molar-refractivity contribution in [2.24, 2.45) is 7.05 Å². The molecule has 0 atom stereocenters. The zero-order chi connectivity index (χ0) is 26.4. The van der Waals surface area contributed by atoms with Crippen LogP contribution in [-0.4, -0.2) is 36.6 Å². The quantitative estimate of drug-likeness (QED) is 0.339. The lowest BCUT2D eigenvalue weighted by atomic mass is 10.1. The first kappa shape index (κ1) is 24.3. The van der Waals surface area contributed by atoms with Crippen molar-refractivity contribution in [3.8, 4) is 34.5 Å². The van der Waals surface area contributed by atoms with Crippen LogP contribution in [0.25, 0.3) is 22.8 Å². The van der Waals surface area contributed by atoms with Crippen LogP contribution in [0.3, 0.4) is 0 Å². The minimum absolute atomic E-state index is 0.190. The smallest absolute Gasteiger partial charge is 0.434 e. The van der Waals surface area contributed by atoms with Crippen LogP contribution in [0, 0.1) is 0 Å². The van der Waals surface area contributed by atoms with E-state index in [1.807, 2.05) is 0 Å². The van der Waals surface area contributed by atoms with E-state index < -0.39 is 11.9 Å². The highest BCUT2D eigenvalue weighted by Crippen LogP contribution is 2.45. The number of imidazole rings is 1. The van der Waals surface area contributed by atoms with Crippen molar-refractivity contribution >= 4 is 0 Å². The fourth-order valence-corrected chi connectivity index (χ4v) is 4.44. The van der Waals surface area contributed by atoms with Crippen LogP contribution < -0.4 is 9.47 Å². The Hall–Kier alpha value is -4.06. The van der Waals surface area contributed by atoms with Gasteiger partial charge in [-0.05, 0) is 18.4 Å². The van der Waals surface area contributed by atoms with E-state index in [1.165, 1.54) is 17.9 Å². The number of methoxy groups -OCH3 is 1. The molecule has 0 unspecified atom stereocenters. The fraction of sp³-hybridized carbons (Fsp3) is 0.346. The second kappa shape index (κ2) is 9.35. The number of hydrogen-bond acceptors (Lipinski definition) is 8. The maximum atomic E-state index is 13.0. The topological polar surface area (TPSA) is 97.1 Å². The summed E-state index contributed by atoms with van der Waals surface area (Å²) in [6.45, 7) is 0.867. The van der Waals surface area contributed by atoms with Gasteiger partial charge in [0, 0.05) is 24.7 Å². The van der Waals surface area contributed by atoms with Crippen molar-refractivity contribution in [3.05, 3.63) is 65.0 Å². The molecule has 38 heavy (non-hydrogen) atoms. The average Bonchev–Trinajstić information content (AvgIpc) is 3.51. The molecule has 0 bridgehead atoms. The molecule has 1 saturated carbocycles. The summed E-state index contributed by atoms with van der Waals surface area (Å²) in [5.41, 5.74) is 3.49. The third kappa shape index (κ3) is 4.55. The maximum Gasteiger partial charge on any atom is 0.434 e. The summed E-state index contributed by atoms with van der Waals surface area (Å²) < 4.78 is 57.7. The predicted molar refractivity (Wildman–Crippen MR) is 128 cm³/mol. The Labute approximate surface area is 215 Å². The van der Waals surface area contributed by atoms with Crippen molar-refractivity contribution in [2.45, 2.75) is 44.8 Å². The lowest BCUT2D eigenvalue weighted by Crippen LogP contribution is -2.07. The molecule has 2 aliphatic rings. The number of aromatic nitrogens is 6. The molecule has 0 amide bonds. The van der Waals surface area contributed by atoms with Crippen LogP contribution in [0.2, 0.25) is 0 Å². The fourth-order valence-electron chi connectivity index (χ4n) is 4.44. The summed E-state index contributed by atoms with van der Waals surface area (Å²) in [6, 6.07) is 7.01. The van der Waals surface area contributed by atoms with E-state index in [4.69, 9.17) is 24.2 Å². The molecule has 1 aromatic carbocycles. The molecule has 0 radical (unpaired) electrons. The summed E-state index contributed by atoms with van der Waals surface area (Å²) in [5.74, 6) is 1.78. The Morgan fingerprint density at radius 3 is 2.50 bits per heavy atom. The van der Waals surface area contributed by atoms with Gasteiger partial charge in [-0.1, -0.05) is 24.3 Å². The van der Waals surface area contributed by atoms with Gasteiger partial charge in [-0.2, -0.15) is 18.2 Å². The summed E-state index contributed by atoms with van der Waals surface area (Å²) in [7, 11) is 3.08. The number of nitrogens with zero attached hydrogens (tertiary/aromatic N) is 6. The average molecular weight is 525 g/mol. The first-order valence-electron chi connectivity index (χ1n) is 12.0. The monoisotopic (exact) mass is 524 g/mol. The van der Waals surface area contributed by atoms with Crippen molar-refractivity contribution in [1.82, 2.24) is 29.5 Å². The Bertz CT molecular complexity index is 1500. The molecule has 0 N–H and O–H groups in total. The van der Waals surface area contributed by atoms with Crippen LogP contribution in [0.1, 0.15) is 47.0 Å². The first-order valence-corrected chi connectivity index (χ1v) is 12.0. The van der Waals surface area contributed by atoms with Gasteiger partial charge < -0.3 is 18.8 Å². The Kier molecular flexibility index (Phi) is 5.98. The van der Waals surface area contributed by atoms with Gasteiger partial charge in [0.25, 0.3) is 0 Å². The van der Waals surface area contributed by atoms with Gasteiger partial charge in [-0.25, -0.2) is 19.9 Å². The zero-order valence-electron chi connectivity index (χ0n) is 20.6. The van der Waals surface area contributed by atoms with Gasteiger partial charge >= 0.3 is 6.18 Å². The number of benzene rings is 1. The molecule has 1 aliphatic heterocycles. The third-order valence-corrected chi connectivity index (χ3v) is 6.52. The highest BCUT2D eigenvalue weighted by atomic mass is 19.4. The minimum atomic E-state index is -4.50. The maximum absolute atomic E-state index is 13.0. The van der Waals surface area contributed by atoms with Gasteiger partial charge in [-0.15, -0.1) is 0 Å². The number of halogens is 3. The Morgan fingerprint density at radius 1 is 1.03 bits per heavy atom. The highest BCUT2D eigenvalue weighted by molar-refractivity contribution is 5.67. The van der Waals surface area contributed by atoms with Crippen LogP contribution in [-0.2, 0) is 37.8 Å². The van der Waals surface area contributed by atoms with E-state index in [9.17, 15) is 13.2 Å². The van der Waals surface area contributed by atoms with Gasteiger partial charge in [0.1, 0.15) is 24.3 Å². The van der Waals surface area contributed by atoms with Crippen molar-refractivity contribution in [3.63, 3.8) is 0 Å². The molecular weight excluding hydrogens is 501 g/mol. The number of alkyl halides is 3. The molecule has 1 fully saturated rings. The molecule has 9 nitrogen and oxygen atoms in total. The Balaban J connectivity index is 1.27. The molecule has 3 aromatic heterocycles. The first-order chi connectivity index (χ1) is 18.3. The van der Waals surface area contributed by atoms with Crippen molar-refractivity contribution < 1.29 is 27.4 Å². The van der Waals surface area contributed by atoms with Crippen LogP contribution >= 0.6 is 0 Å². The summed E-state index contributed by atoms with van der Waals surface area (Å²) in [5, 5.41) is 0. The van der Waals surface area contributed by atoms with Crippen molar-refractivity contribution in [1.29, 1.82) is 0 Å². The number of hydrogen-bond donors (Lipinski definition) is 0. The van der Waals surface area contributed by atoms with Gasteiger partial charge in [0.2, 0.25) is 11.8 Å². The van der Waals surface area contributed by atoms with E-state index >= 15 is 0 Å². The highest BCUT2D eigenvalue weighted by Gasteiger charge is 2.35. The molecule has 1 aliphatic carbocycles. The third-order valence-electron chi connectivity index (χ3n) is 6.52. The van der Waals surface area contributed by atoms with Crippen LogP contribution in [0.5, 0.6) is 11.8 Å². The van der Waals surface area contributed by atoms with E-state index in [-0.39, 0.29) is 12.4 Å². The molecule has 6 rings (SSSR count). The number of fused-ring (bicyclic) bond motifs is 1. The van der Waals surface area contributed by atoms with Gasteiger partial charge in [-0.3, -0.25) is 0 Å². The van der Waals surface area contributed by atoms with Gasteiger partial charge in [0.05, 0.1) is 37.3 Å². The lowest BCUT2D eigenvalue weighted by Gasteiger charge is -2.14. The number of rotatable bonds is 7. The van der Waals surface area contributed by atoms with E-state index in [2.05, 4.69) is 15.0 Å². The molecule has 4 heterocycles. The van der Waals surface area contributed by atoms with Crippen LogP contribution in [0.4, 0.5) is 13.2 Å². The van der Waals surface area contributed by atoms with E-state index in [1.54, 1.807) is 31.4 Å². The summed E-state index contributed by atoms with van der Waals surface area (Å²) >= 11 is 0. The van der Waals surface area contributed by atoms with Crippen LogP contribution in [0.15, 0.2) is 36.8 Å². The van der Waals surface area contributed by atoms with E-state index in [0.29, 0.717) is 47.8 Å². The molecule has 0 spiro atoms.